The molecule has 1 aliphatic rings. The molecule has 3 N–H and O–H groups in total. The topological polar surface area (TPSA) is 70.6 Å². The van der Waals surface area contributed by atoms with Crippen LogP contribution in [-0.4, -0.2) is 31.4 Å². The lowest BCUT2D eigenvalue weighted by Crippen LogP contribution is -2.45. The maximum Gasteiger partial charge on any atom is 0.319 e. The molecule has 1 aromatic rings. The van der Waals surface area contributed by atoms with E-state index in [1.54, 1.807) is 6.07 Å². The van der Waals surface area contributed by atoms with Crippen LogP contribution in [0.2, 0.25) is 0 Å². The smallest absolute Gasteiger partial charge is 0.319 e. The number of anilines is 1. The molecule has 0 spiro atoms. The fourth-order valence-corrected chi connectivity index (χ4v) is 2.23. The molecule has 5 nitrogen and oxygen atoms in total. The number of ether oxygens (including phenoxy) is 1. The minimum Gasteiger partial charge on any atom is -0.497 e. The Bertz CT molecular complexity index is 484. The summed E-state index contributed by atoms with van der Waals surface area (Å²) in [5.41, 5.74) is -0.106. The van der Waals surface area contributed by atoms with E-state index in [-0.39, 0.29) is 17.7 Å². The third kappa shape index (κ3) is 3.19. The summed E-state index contributed by atoms with van der Waals surface area (Å²) >= 11 is 0. The summed E-state index contributed by atoms with van der Waals surface area (Å²) in [6.07, 6.45) is 2.87. The lowest BCUT2D eigenvalue weighted by molar-refractivity contribution is 0.0476. The van der Waals surface area contributed by atoms with Gasteiger partial charge in [0, 0.05) is 18.0 Å². The van der Waals surface area contributed by atoms with Crippen LogP contribution in [0, 0.1) is 11.2 Å². The van der Waals surface area contributed by atoms with E-state index in [1.165, 1.54) is 19.2 Å². The van der Waals surface area contributed by atoms with Crippen LogP contribution in [0.3, 0.4) is 0 Å². The fourth-order valence-electron chi connectivity index (χ4n) is 2.23. The molecule has 0 radical (unpaired) electrons. The highest BCUT2D eigenvalue weighted by atomic mass is 19.1. The molecule has 0 unspecified atom stereocenters. The normalized spacial score (nSPS) is 16.1. The predicted octanol–water partition coefficient (Wildman–Crippen LogP) is 2.12. The number of aliphatic hydroxyl groups excluding tert-OH is 1. The first kappa shape index (κ1) is 14.6. The van der Waals surface area contributed by atoms with E-state index in [0.29, 0.717) is 12.3 Å². The van der Waals surface area contributed by atoms with Gasteiger partial charge in [-0.15, -0.1) is 0 Å². The van der Waals surface area contributed by atoms with E-state index in [1.807, 2.05) is 0 Å². The van der Waals surface area contributed by atoms with E-state index in [9.17, 15) is 14.3 Å². The van der Waals surface area contributed by atoms with Crippen molar-refractivity contribution < 1.29 is 19.0 Å². The number of halogens is 1. The molecule has 0 atom stereocenters. The van der Waals surface area contributed by atoms with Gasteiger partial charge in [-0.1, -0.05) is 6.42 Å². The summed E-state index contributed by atoms with van der Waals surface area (Å²) in [5, 5.41) is 14.4. The van der Waals surface area contributed by atoms with Gasteiger partial charge in [-0.25, -0.2) is 9.18 Å². The van der Waals surface area contributed by atoms with Crippen LogP contribution in [0.25, 0.3) is 0 Å². The van der Waals surface area contributed by atoms with Gasteiger partial charge < -0.3 is 20.5 Å². The Morgan fingerprint density at radius 2 is 2.25 bits per heavy atom. The lowest BCUT2D eigenvalue weighted by Gasteiger charge is -2.40. The number of hydrogen-bond donors (Lipinski definition) is 3. The van der Waals surface area contributed by atoms with Gasteiger partial charge in [0.15, 0.2) is 0 Å². The van der Waals surface area contributed by atoms with Crippen LogP contribution in [0.15, 0.2) is 18.2 Å². The highest BCUT2D eigenvalue weighted by Crippen LogP contribution is 2.39. The third-order valence-corrected chi connectivity index (χ3v) is 3.80. The zero-order chi connectivity index (χ0) is 14.6. The molecule has 0 heterocycles. The van der Waals surface area contributed by atoms with Crippen molar-refractivity contribution in [3.8, 4) is 5.75 Å². The predicted molar refractivity (Wildman–Crippen MR) is 73.3 cm³/mol. The minimum atomic E-state index is -0.556. The lowest BCUT2D eigenvalue weighted by atomic mass is 9.69. The van der Waals surface area contributed by atoms with Gasteiger partial charge in [-0.2, -0.15) is 0 Å². The number of methoxy groups -OCH3 is 1. The maximum atomic E-state index is 13.7. The van der Waals surface area contributed by atoms with Gasteiger partial charge in [0.1, 0.15) is 11.6 Å². The average Bonchev–Trinajstić information content (AvgIpc) is 2.40. The van der Waals surface area contributed by atoms with Crippen molar-refractivity contribution in [3.05, 3.63) is 24.0 Å². The number of benzene rings is 1. The summed E-state index contributed by atoms with van der Waals surface area (Å²) in [5.74, 6) is -0.165. The molecule has 20 heavy (non-hydrogen) atoms. The van der Waals surface area contributed by atoms with Crippen LogP contribution >= 0.6 is 0 Å². The van der Waals surface area contributed by atoms with Crippen LogP contribution in [0.5, 0.6) is 5.75 Å². The first-order chi connectivity index (χ1) is 9.58. The van der Waals surface area contributed by atoms with Crippen molar-refractivity contribution >= 4 is 11.7 Å². The van der Waals surface area contributed by atoms with Gasteiger partial charge in [0.25, 0.3) is 0 Å². The monoisotopic (exact) mass is 282 g/mol. The van der Waals surface area contributed by atoms with Crippen LogP contribution < -0.4 is 15.4 Å². The molecule has 1 aliphatic carbocycles. The summed E-state index contributed by atoms with van der Waals surface area (Å²) in [7, 11) is 1.45. The molecule has 2 amide bonds. The van der Waals surface area contributed by atoms with E-state index in [0.717, 1.165) is 19.3 Å². The molecular weight excluding hydrogens is 263 g/mol. The van der Waals surface area contributed by atoms with Crippen molar-refractivity contribution in [2.24, 2.45) is 5.41 Å². The summed E-state index contributed by atoms with van der Waals surface area (Å²) in [4.78, 5) is 11.7. The zero-order valence-electron chi connectivity index (χ0n) is 11.4. The largest absolute Gasteiger partial charge is 0.497 e. The van der Waals surface area contributed by atoms with Gasteiger partial charge in [0.2, 0.25) is 0 Å². The van der Waals surface area contributed by atoms with Crippen molar-refractivity contribution in [1.29, 1.82) is 0 Å². The average molecular weight is 282 g/mol. The number of carbonyl (C=O) groups excluding carboxylic acids is 1. The number of rotatable bonds is 5. The van der Waals surface area contributed by atoms with Crippen molar-refractivity contribution in [2.45, 2.75) is 19.3 Å². The Morgan fingerprint density at radius 3 is 2.75 bits per heavy atom. The summed E-state index contributed by atoms with van der Waals surface area (Å²) < 4.78 is 18.5. The fraction of sp³-hybridized carbons (Fsp3) is 0.500. The molecule has 0 aliphatic heterocycles. The SMILES string of the molecule is COc1ccc(NC(=O)NCC2(CO)CCC2)c(F)c1. The van der Waals surface area contributed by atoms with E-state index < -0.39 is 11.8 Å². The second kappa shape index (κ2) is 6.09. The Kier molecular flexibility index (Phi) is 4.44. The number of nitrogens with one attached hydrogen (secondary N) is 2. The van der Waals surface area contributed by atoms with Crippen LogP contribution in [0.4, 0.5) is 14.9 Å². The third-order valence-electron chi connectivity index (χ3n) is 3.80. The van der Waals surface area contributed by atoms with Crippen molar-refractivity contribution in [2.75, 3.05) is 25.6 Å². The Morgan fingerprint density at radius 1 is 1.50 bits per heavy atom. The molecule has 1 fully saturated rings. The zero-order valence-corrected chi connectivity index (χ0v) is 11.4. The van der Waals surface area contributed by atoms with E-state index in [4.69, 9.17) is 4.74 Å². The highest BCUT2D eigenvalue weighted by Gasteiger charge is 2.36. The second-order valence-corrected chi connectivity index (χ2v) is 5.17. The molecular formula is C14H19FN2O3. The van der Waals surface area contributed by atoms with Gasteiger partial charge in [-0.05, 0) is 25.0 Å². The molecule has 0 saturated heterocycles. The number of hydrogen-bond acceptors (Lipinski definition) is 3. The van der Waals surface area contributed by atoms with Gasteiger partial charge in [-0.3, -0.25) is 0 Å². The van der Waals surface area contributed by atoms with E-state index >= 15 is 0 Å². The van der Waals surface area contributed by atoms with Crippen molar-refractivity contribution in [3.63, 3.8) is 0 Å². The molecule has 0 bridgehead atoms. The molecule has 0 aromatic heterocycles. The second-order valence-electron chi connectivity index (χ2n) is 5.17. The highest BCUT2D eigenvalue weighted by molar-refractivity contribution is 5.89. The Hall–Kier alpha value is -1.82. The standard InChI is InChI=1S/C14H19FN2O3/c1-20-10-3-4-12(11(15)7-10)17-13(19)16-8-14(9-18)5-2-6-14/h3-4,7,18H,2,5-6,8-9H2,1H3,(H2,16,17,19). The number of amides is 2. The molecule has 1 aromatic carbocycles. The Labute approximate surface area is 117 Å². The van der Waals surface area contributed by atoms with E-state index in [2.05, 4.69) is 10.6 Å². The first-order valence-corrected chi connectivity index (χ1v) is 6.58. The molecule has 6 heteroatoms. The number of urea groups is 1. The summed E-state index contributed by atoms with van der Waals surface area (Å²) in [6.45, 7) is 0.456. The Balaban J connectivity index is 1.88. The van der Waals surface area contributed by atoms with Gasteiger partial charge >= 0.3 is 6.03 Å². The maximum absolute atomic E-state index is 13.7. The van der Waals surface area contributed by atoms with Gasteiger partial charge in [0.05, 0.1) is 19.4 Å². The first-order valence-electron chi connectivity index (χ1n) is 6.58. The summed E-state index contributed by atoms with van der Waals surface area (Å²) in [6, 6.07) is 3.74. The van der Waals surface area contributed by atoms with Crippen LogP contribution in [0.1, 0.15) is 19.3 Å². The van der Waals surface area contributed by atoms with Crippen LogP contribution in [-0.2, 0) is 0 Å². The quantitative estimate of drug-likeness (QED) is 0.774. The number of carbonyl (C=O) groups is 1. The molecule has 1 saturated carbocycles. The molecule has 110 valence electrons. The minimum absolute atomic E-state index is 0.0597. The van der Waals surface area contributed by atoms with Crippen molar-refractivity contribution in [1.82, 2.24) is 5.32 Å². The number of aliphatic hydroxyl groups is 1. The molecule has 2 rings (SSSR count).